The Morgan fingerprint density at radius 3 is 2.53 bits per heavy atom. The normalized spacial score (nSPS) is 14.3. The minimum Gasteiger partial charge on any atom is -0.463 e. The molecule has 0 heterocycles. The fraction of sp³-hybridized carbons (Fsp3) is 0.583. The number of nitrogens with zero attached hydrogens (tertiary/aromatic N) is 1. The summed E-state index contributed by atoms with van der Waals surface area (Å²) in [4.78, 5) is 21.9. The molecule has 0 N–H and O–H groups in total. The first-order valence-electron chi connectivity index (χ1n) is 5.54. The predicted octanol–water partition coefficient (Wildman–Crippen LogP) is 2.50. The fourth-order valence-electron chi connectivity index (χ4n) is 1.29. The lowest BCUT2D eigenvalue weighted by Gasteiger charge is -2.17. The highest BCUT2D eigenvalue weighted by molar-refractivity contribution is 5.87. The van der Waals surface area contributed by atoms with Crippen molar-refractivity contribution in [2.45, 2.75) is 39.2 Å². The van der Waals surface area contributed by atoms with Gasteiger partial charge in [-0.1, -0.05) is 19.6 Å². The molecular weight excluding hydrogens is 222 g/mol. The van der Waals surface area contributed by atoms with Crippen LogP contribution < -0.4 is 0 Å². The van der Waals surface area contributed by atoms with Crippen LogP contribution in [0.25, 0.3) is 0 Å². The Morgan fingerprint density at radius 1 is 1.53 bits per heavy atom. The van der Waals surface area contributed by atoms with Gasteiger partial charge in [0.2, 0.25) is 5.54 Å². The number of nitro groups is 1. The molecule has 5 nitrogen and oxygen atoms in total. The zero-order valence-electron chi connectivity index (χ0n) is 10.6. The lowest BCUT2D eigenvalue weighted by atomic mass is 9.93. The van der Waals surface area contributed by atoms with Crippen LogP contribution in [-0.4, -0.2) is 23.0 Å². The van der Waals surface area contributed by atoms with Crippen LogP contribution in [0.1, 0.15) is 33.6 Å². The molecule has 0 radical (unpaired) electrons. The predicted molar refractivity (Wildman–Crippen MR) is 65.2 cm³/mol. The molecule has 0 aromatic heterocycles. The molecule has 0 amide bonds. The summed E-state index contributed by atoms with van der Waals surface area (Å²) >= 11 is 0. The van der Waals surface area contributed by atoms with Gasteiger partial charge in [0, 0.05) is 17.4 Å². The summed E-state index contributed by atoms with van der Waals surface area (Å²) in [5.74, 6) is -0.578. The highest BCUT2D eigenvalue weighted by Crippen LogP contribution is 2.22. The molecule has 0 aliphatic heterocycles. The second kappa shape index (κ2) is 6.83. The van der Waals surface area contributed by atoms with Crippen molar-refractivity contribution in [3.05, 3.63) is 34.4 Å². The van der Waals surface area contributed by atoms with Gasteiger partial charge in [-0.2, -0.15) is 0 Å². The van der Waals surface area contributed by atoms with Gasteiger partial charge in [0.1, 0.15) is 0 Å². The van der Waals surface area contributed by atoms with Crippen LogP contribution in [0.3, 0.4) is 0 Å². The molecule has 0 aliphatic carbocycles. The summed E-state index contributed by atoms with van der Waals surface area (Å²) < 4.78 is 4.75. The molecule has 0 aromatic rings. The van der Waals surface area contributed by atoms with Crippen molar-refractivity contribution in [2.75, 3.05) is 6.61 Å². The standard InChI is InChI=1S/C12H19NO4/c1-5-7-8-12(4,13(15)16)9-10(3)11(14)17-6-2/h7-8H,3,5-6,9H2,1-2,4H3/b8-7+. The van der Waals surface area contributed by atoms with E-state index in [9.17, 15) is 14.9 Å². The van der Waals surface area contributed by atoms with Crippen molar-refractivity contribution >= 4 is 5.97 Å². The summed E-state index contributed by atoms with van der Waals surface area (Å²) in [6.45, 7) is 8.79. The first-order valence-corrected chi connectivity index (χ1v) is 5.54. The van der Waals surface area contributed by atoms with Crippen LogP contribution in [0.15, 0.2) is 24.3 Å². The maximum Gasteiger partial charge on any atom is 0.333 e. The van der Waals surface area contributed by atoms with Crippen LogP contribution in [0.4, 0.5) is 0 Å². The largest absolute Gasteiger partial charge is 0.463 e. The van der Waals surface area contributed by atoms with Crippen LogP contribution in [0, 0.1) is 10.1 Å². The number of allylic oxidation sites excluding steroid dienone is 1. The van der Waals surface area contributed by atoms with Crippen molar-refractivity contribution < 1.29 is 14.5 Å². The van der Waals surface area contributed by atoms with Crippen LogP contribution >= 0.6 is 0 Å². The highest BCUT2D eigenvalue weighted by atomic mass is 16.6. The molecule has 1 unspecified atom stereocenters. The summed E-state index contributed by atoms with van der Waals surface area (Å²) in [7, 11) is 0. The minimum absolute atomic E-state index is 0.0463. The van der Waals surface area contributed by atoms with Crippen LogP contribution in [0.5, 0.6) is 0 Å². The molecule has 1 atom stereocenters. The van der Waals surface area contributed by atoms with Crippen LogP contribution in [-0.2, 0) is 9.53 Å². The van der Waals surface area contributed by atoms with E-state index in [0.29, 0.717) is 6.42 Å². The third kappa shape index (κ3) is 4.80. The number of esters is 1. The van der Waals surface area contributed by atoms with Gasteiger partial charge < -0.3 is 4.74 Å². The maximum absolute atomic E-state index is 11.3. The van der Waals surface area contributed by atoms with Gasteiger partial charge in [0.05, 0.1) is 13.0 Å². The Morgan fingerprint density at radius 2 is 2.12 bits per heavy atom. The van der Waals surface area contributed by atoms with Crippen molar-refractivity contribution in [2.24, 2.45) is 0 Å². The number of hydrogen-bond donors (Lipinski definition) is 0. The van der Waals surface area contributed by atoms with Gasteiger partial charge in [-0.3, -0.25) is 10.1 Å². The van der Waals surface area contributed by atoms with Gasteiger partial charge in [0.25, 0.3) is 0 Å². The number of ether oxygens (including phenoxy) is 1. The maximum atomic E-state index is 11.3. The van der Waals surface area contributed by atoms with E-state index < -0.39 is 16.4 Å². The van der Waals surface area contributed by atoms with Gasteiger partial charge in [-0.05, 0) is 19.4 Å². The number of carbonyl (C=O) groups is 1. The molecule has 96 valence electrons. The zero-order valence-corrected chi connectivity index (χ0v) is 10.6. The number of rotatable bonds is 7. The van der Waals surface area contributed by atoms with Crippen molar-refractivity contribution in [1.82, 2.24) is 0 Å². The zero-order chi connectivity index (χ0) is 13.5. The average Bonchev–Trinajstić information content (AvgIpc) is 2.26. The van der Waals surface area contributed by atoms with Gasteiger partial charge in [0.15, 0.2) is 0 Å². The van der Waals surface area contributed by atoms with E-state index in [1.165, 1.54) is 13.0 Å². The van der Waals surface area contributed by atoms with E-state index >= 15 is 0 Å². The molecular formula is C12H19NO4. The first-order chi connectivity index (χ1) is 7.87. The highest BCUT2D eigenvalue weighted by Gasteiger charge is 2.36. The Hall–Kier alpha value is -1.65. The minimum atomic E-state index is -1.31. The van der Waals surface area contributed by atoms with E-state index in [4.69, 9.17) is 4.74 Å². The summed E-state index contributed by atoms with van der Waals surface area (Å²) in [6, 6.07) is 0. The number of carbonyl (C=O) groups excluding carboxylic acids is 1. The molecule has 17 heavy (non-hydrogen) atoms. The number of hydrogen-bond acceptors (Lipinski definition) is 4. The van der Waals surface area contributed by atoms with Crippen LogP contribution in [0.2, 0.25) is 0 Å². The second-order valence-electron chi connectivity index (χ2n) is 3.93. The first kappa shape index (κ1) is 15.3. The monoisotopic (exact) mass is 241 g/mol. The van der Waals surface area contributed by atoms with Gasteiger partial charge >= 0.3 is 5.97 Å². The molecule has 0 fully saturated rings. The van der Waals surface area contributed by atoms with Crippen molar-refractivity contribution in [1.29, 1.82) is 0 Å². The SMILES string of the molecule is C=C(CC(C)(/C=C/CC)[N+](=O)[O-])C(=O)OCC. The van der Waals surface area contributed by atoms with E-state index in [2.05, 4.69) is 6.58 Å². The van der Waals surface area contributed by atoms with Crippen molar-refractivity contribution in [3.8, 4) is 0 Å². The lowest BCUT2D eigenvalue weighted by Crippen LogP contribution is -2.34. The fourth-order valence-corrected chi connectivity index (χ4v) is 1.29. The molecule has 0 saturated carbocycles. The lowest BCUT2D eigenvalue weighted by molar-refractivity contribution is -0.549. The quantitative estimate of drug-likeness (QED) is 0.226. The summed E-state index contributed by atoms with van der Waals surface area (Å²) in [6.07, 6.45) is 3.86. The molecule has 0 aliphatic rings. The van der Waals surface area contributed by atoms with Crippen molar-refractivity contribution in [3.63, 3.8) is 0 Å². The topological polar surface area (TPSA) is 69.4 Å². The third-order valence-corrected chi connectivity index (χ3v) is 2.27. The molecule has 0 saturated heterocycles. The Labute approximate surface area is 101 Å². The Balaban J connectivity index is 4.77. The Bertz CT molecular complexity index is 335. The Kier molecular flexibility index (Phi) is 6.17. The molecule has 0 spiro atoms. The third-order valence-electron chi connectivity index (χ3n) is 2.27. The molecule has 0 aromatic carbocycles. The summed E-state index contributed by atoms with van der Waals surface area (Å²) in [5.41, 5.74) is -1.19. The summed E-state index contributed by atoms with van der Waals surface area (Å²) in [5, 5.41) is 11.0. The van der Waals surface area contributed by atoms with Gasteiger partial charge in [-0.25, -0.2) is 4.79 Å². The van der Waals surface area contributed by atoms with E-state index in [1.54, 1.807) is 13.0 Å². The van der Waals surface area contributed by atoms with Gasteiger partial charge in [-0.15, -0.1) is 0 Å². The molecule has 5 heteroatoms. The smallest absolute Gasteiger partial charge is 0.333 e. The van der Waals surface area contributed by atoms with E-state index in [-0.39, 0.29) is 18.6 Å². The molecule has 0 bridgehead atoms. The van der Waals surface area contributed by atoms with E-state index in [0.717, 1.165) is 0 Å². The average molecular weight is 241 g/mol. The van der Waals surface area contributed by atoms with E-state index in [1.807, 2.05) is 6.92 Å². The molecule has 0 rings (SSSR count). The second-order valence-corrected chi connectivity index (χ2v) is 3.93.